The molecule has 0 rings (SSSR count). The van der Waals surface area contributed by atoms with Gasteiger partial charge in [-0.1, -0.05) is 41.5 Å². The maximum atomic E-state index is 12.4. The molecule has 0 saturated carbocycles. The molecular weight excluding hydrogens is 280 g/mol. The van der Waals surface area contributed by atoms with E-state index < -0.39 is 10.8 Å². The van der Waals surface area contributed by atoms with E-state index in [1.165, 1.54) is 0 Å². The lowest BCUT2D eigenvalue weighted by Crippen LogP contribution is -2.47. The maximum Gasteiger partial charge on any atom is 0.312 e. The van der Waals surface area contributed by atoms with Crippen molar-refractivity contribution in [2.45, 2.75) is 69.2 Å². The van der Waals surface area contributed by atoms with Crippen molar-refractivity contribution < 1.29 is 19.1 Å². The first kappa shape index (κ1) is 20.9. The second-order valence-electron chi connectivity index (χ2n) is 9.52. The van der Waals surface area contributed by atoms with E-state index in [0.29, 0.717) is 13.2 Å². The normalized spacial score (nSPS) is 13.7. The van der Waals surface area contributed by atoms with Crippen LogP contribution in [0.4, 0.5) is 0 Å². The van der Waals surface area contributed by atoms with Gasteiger partial charge in [-0.15, -0.1) is 0 Å². The van der Waals surface area contributed by atoms with Crippen molar-refractivity contribution >= 4 is 11.9 Å². The molecule has 0 amide bonds. The van der Waals surface area contributed by atoms with Gasteiger partial charge in [-0.2, -0.15) is 0 Å². The zero-order valence-corrected chi connectivity index (χ0v) is 16.0. The Kier molecular flexibility index (Phi) is 6.27. The highest BCUT2D eigenvalue weighted by Crippen LogP contribution is 2.41. The molecule has 22 heavy (non-hydrogen) atoms. The van der Waals surface area contributed by atoms with Crippen molar-refractivity contribution in [2.75, 3.05) is 13.2 Å². The highest BCUT2D eigenvalue weighted by Gasteiger charge is 2.51. The molecule has 4 heteroatoms. The molecule has 0 aliphatic carbocycles. The van der Waals surface area contributed by atoms with Gasteiger partial charge in [0.2, 0.25) is 0 Å². The highest BCUT2D eigenvalue weighted by molar-refractivity contribution is 5.87. The SMILES string of the molecule is CC(C)(C)COC(=O)C(C)(C)C(C)(C)C(=O)OCC(C)(C)C. The molecule has 0 aromatic heterocycles. The van der Waals surface area contributed by atoms with Gasteiger partial charge in [0.1, 0.15) is 0 Å². The lowest BCUT2D eigenvalue weighted by Gasteiger charge is -2.38. The van der Waals surface area contributed by atoms with Crippen molar-refractivity contribution in [1.82, 2.24) is 0 Å². The van der Waals surface area contributed by atoms with Crippen LogP contribution in [0, 0.1) is 21.7 Å². The Morgan fingerprint density at radius 3 is 1.00 bits per heavy atom. The molecule has 0 heterocycles. The number of carbonyl (C=O) groups excluding carboxylic acids is 2. The summed E-state index contributed by atoms with van der Waals surface area (Å²) in [7, 11) is 0. The van der Waals surface area contributed by atoms with Gasteiger partial charge in [0, 0.05) is 0 Å². The van der Waals surface area contributed by atoms with Crippen molar-refractivity contribution in [3.63, 3.8) is 0 Å². The fourth-order valence-corrected chi connectivity index (χ4v) is 1.44. The number of rotatable bonds is 5. The average molecular weight is 314 g/mol. The third kappa shape index (κ3) is 5.98. The zero-order valence-electron chi connectivity index (χ0n) is 16.0. The first-order valence-electron chi connectivity index (χ1n) is 7.85. The van der Waals surface area contributed by atoms with Gasteiger partial charge in [-0.3, -0.25) is 9.59 Å². The number of ether oxygens (including phenoxy) is 2. The summed E-state index contributed by atoms with van der Waals surface area (Å²) in [6.45, 7) is 19.5. The smallest absolute Gasteiger partial charge is 0.312 e. The van der Waals surface area contributed by atoms with Crippen molar-refractivity contribution in [3.8, 4) is 0 Å². The molecule has 0 aliphatic heterocycles. The van der Waals surface area contributed by atoms with E-state index in [4.69, 9.17) is 9.47 Å². The summed E-state index contributed by atoms with van der Waals surface area (Å²) < 4.78 is 10.8. The molecule has 0 bridgehead atoms. The number of hydrogen-bond acceptors (Lipinski definition) is 4. The Bertz CT molecular complexity index is 366. The number of hydrogen-bond donors (Lipinski definition) is 0. The summed E-state index contributed by atoms with van der Waals surface area (Å²) in [5.74, 6) is -0.750. The third-order valence-corrected chi connectivity index (χ3v) is 3.86. The first-order chi connectivity index (χ1) is 9.51. The van der Waals surface area contributed by atoms with Crippen LogP contribution in [-0.2, 0) is 19.1 Å². The van der Waals surface area contributed by atoms with Gasteiger partial charge in [-0.25, -0.2) is 0 Å². The molecule has 0 N–H and O–H groups in total. The van der Waals surface area contributed by atoms with E-state index in [1.54, 1.807) is 27.7 Å². The fraction of sp³-hybridized carbons (Fsp3) is 0.889. The minimum atomic E-state index is -0.965. The van der Waals surface area contributed by atoms with Gasteiger partial charge in [0.15, 0.2) is 0 Å². The second-order valence-corrected chi connectivity index (χ2v) is 9.52. The zero-order chi connectivity index (χ0) is 18.0. The van der Waals surface area contributed by atoms with Crippen LogP contribution in [0.1, 0.15) is 69.2 Å². The van der Waals surface area contributed by atoms with Crippen LogP contribution in [0.25, 0.3) is 0 Å². The predicted molar refractivity (Wildman–Crippen MR) is 88.4 cm³/mol. The van der Waals surface area contributed by atoms with Crippen molar-refractivity contribution in [3.05, 3.63) is 0 Å². The van der Waals surface area contributed by atoms with E-state index in [9.17, 15) is 9.59 Å². The molecule has 0 saturated heterocycles. The Hall–Kier alpha value is -1.06. The molecule has 0 atom stereocenters. The molecule has 130 valence electrons. The van der Waals surface area contributed by atoms with E-state index in [1.807, 2.05) is 41.5 Å². The van der Waals surface area contributed by atoms with E-state index in [2.05, 4.69) is 0 Å². The molecular formula is C18H34O4. The average Bonchev–Trinajstić information content (AvgIpc) is 2.30. The standard InChI is InChI=1S/C18H34O4/c1-15(2,3)11-21-13(19)17(7,8)18(9,10)14(20)22-12-16(4,5)6/h11-12H2,1-10H3. The van der Waals surface area contributed by atoms with E-state index >= 15 is 0 Å². The van der Waals surface area contributed by atoms with Gasteiger partial charge in [0.05, 0.1) is 24.0 Å². The number of carbonyl (C=O) groups is 2. The Labute approximate surface area is 135 Å². The molecule has 0 radical (unpaired) electrons. The molecule has 4 nitrogen and oxygen atoms in total. The Morgan fingerprint density at radius 2 is 0.818 bits per heavy atom. The molecule has 0 aromatic rings. The van der Waals surface area contributed by atoms with Crippen LogP contribution in [0.5, 0.6) is 0 Å². The van der Waals surface area contributed by atoms with Crippen molar-refractivity contribution in [1.29, 1.82) is 0 Å². The lowest BCUT2D eigenvalue weighted by atomic mass is 9.68. The van der Waals surface area contributed by atoms with Crippen LogP contribution >= 0.6 is 0 Å². The minimum Gasteiger partial charge on any atom is -0.465 e. The summed E-state index contributed by atoms with van der Waals surface area (Å²) in [6, 6.07) is 0. The summed E-state index contributed by atoms with van der Waals surface area (Å²) in [4.78, 5) is 24.9. The molecule has 0 aromatic carbocycles. The van der Waals surface area contributed by atoms with Gasteiger partial charge in [0.25, 0.3) is 0 Å². The maximum absolute atomic E-state index is 12.4. The number of esters is 2. The quantitative estimate of drug-likeness (QED) is 0.713. The highest BCUT2D eigenvalue weighted by atomic mass is 16.5. The largest absolute Gasteiger partial charge is 0.465 e. The monoisotopic (exact) mass is 314 g/mol. The molecule has 0 unspecified atom stereocenters. The summed E-state index contributed by atoms with van der Waals surface area (Å²) in [5.41, 5.74) is -2.15. The van der Waals surface area contributed by atoms with Crippen LogP contribution in [-0.4, -0.2) is 25.2 Å². The Balaban J connectivity index is 4.98. The van der Waals surface area contributed by atoms with Gasteiger partial charge in [-0.05, 0) is 38.5 Å². The lowest BCUT2D eigenvalue weighted by molar-refractivity contribution is -0.178. The molecule has 0 fully saturated rings. The predicted octanol–water partition coefficient (Wildman–Crippen LogP) is 4.22. The van der Waals surface area contributed by atoms with Crippen molar-refractivity contribution in [2.24, 2.45) is 21.7 Å². The molecule has 0 spiro atoms. The minimum absolute atomic E-state index is 0.109. The van der Waals surface area contributed by atoms with E-state index in [0.717, 1.165) is 0 Å². The van der Waals surface area contributed by atoms with Crippen LogP contribution in [0.3, 0.4) is 0 Å². The summed E-state index contributed by atoms with van der Waals surface area (Å²) in [5, 5.41) is 0. The topological polar surface area (TPSA) is 52.6 Å². The van der Waals surface area contributed by atoms with E-state index in [-0.39, 0.29) is 22.8 Å². The fourth-order valence-electron chi connectivity index (χ4n) is 1.44. The summed E-state index contributed by atoms with van der Waals surface area (Å²) in [6.07, 6.45) is 0. The first-order valence-corrected chi connectivity index (χ1v) is 7.85. The Morgan fingerprint density at radius 1 is 0.591 bits per heavy atom. The molecule has 0 aliphatic rings. The second kappa shape index (κ2) is 6.59. The van der Waals surface area contributed by atoms with Crippen LogP contribution < -0.4 is 0 Å². The van der Waals surface area contributed by atoms with Gasteiger partial charge >= 0.3 is 11.9 Å². The van der Waals surface area contributed by atoms with Crippen LogP contribution in [0.2, 0.25) is 0 Å². The third-order valence-electron chi connectivity index (χ3n) is 3.86. The summed E-state index contributed by atoms with van der Waals surface area (Å²) >= 11 is 0. The van der Waals surface area contributed by atoms with Crippen LogP contribution in [0.15, 0.2) is 0 Å². The van der Waals surface area contributed by atoms with Gasteiger partial charge < -0.3 is 9.47 Å².